The first kappa shape index (κ1) is 19.3. The largest absolute Gasteiger partial charge is 0.467 e. The minimum Gasteiger partial charge on any atom is -0.467 e. The number of nitrogens with zero attached hydrogens (tertiary/aromatic N) is 2. The van der Waals surface area contributed by atoms with Gasteiger partial charge in [-0.25, -0.2) is 4.79 Å². The summed E-state index contributed by atoms with van der Waals surface area (Å²) >= 11 is 0. The molecule has 2 unspecified atom stereocenters. The van der Waals surface area contributed by atoms with E-state index in [9.17, 15) is 13.8 Å². The standard InChI is InChI=1S/C18H29N3O4S/c1-25-18(23)16(15(12-4-5-12)13-6-7-13)20-17(22)14-8-9-19-21(14)10-3-11-26(2)24/h9,12-16H,3-8,10-11H2,1-2H3,(H,20,22)/t14?,16-,26?/m0/s1. The molecule has 0 radical (unpaired) electrons. The second kappa shape index (κ2) is 8.50. The Morgan fingerprint density at radius 1 is 1.31 bits per heavy atom. The number of hydrogen-bond acceptors (Lipinski definition) is 6. The van der Waals surface area contributed by atoms with E-state index < -0.39 is 22.9 Å². The Bertz CT molecular complexity index is 577. The van der Waals surface area contributed by atoms with Crippen molar-refractivity contribution in [1.29, 1.82) is 0 Å². The number of ether oxygens (including phenoxy) is 1. The lowest BCUT2D eigenvalue weighted by molar-refractivity contribution is -0.148. The summed E-state index contributed by atoms with van der Waals surface area (Å²) < 4.78 is 16.2. The summed E-state index contributed by atoms with van der Waals surface area (Å²) in [5.41, 5.74) is 0. The van der Waals surface area contributed by atoms with Gasteiger partial charge in [0.2, 0.25) is 5.91 Å². The minimum atomic E-state index is -0.847. The second-order valence-corrected chi connectivity index (χ2v) is 9.16. The number of carbonyl (C=O) groups excluding carboxylic acids is 2. The molecule has 3 rings (SSSR count). The number of hydrogen-bond donors (Lipinski definition) is 1. The summed E-state index contributed by atoms with van der Waals surface area (Å²) in [7, 11) is 0.536. The van der Waals surface area contributed by atoms with E-state index >= 15 is 0 Å². The van der Waals surface area contributed by atoms with E-state index in [4.69, 9.17) is 4.74 Å². The van der Waals surface area contributed by atoms with Crippen molar-refractivity contribution in [3.63, 3.8) is 0 Å². The van der Waals surface area contributed by atoms with Crippen LogP contribution >= 0.6 is 0 Å². The van der Waals surface area contributed by atoms with E-state index in [1.807, 2.05) is 0 Å². The average molecular weight is 384 g/mol. The quantitative estimate of drug-likeness (QED) is 0.567. The molecular weight excluding hydrogens is 354 g/mol. The highest BCUT2D eigenvalue weighted by Gasteiger charge is 2.49. The summed E-state index contributed by atoms with van der Waals surface area (Å²) in [6.45, 7) is 0.589. The van der Waals surface area contributed by atoms with E-state index in [-0.39, 0.29) is 17.8 Å². The van der Waals surface area contributed by atoms with Crippen LogP contribution in [0.4, 0.5) is 0 Å². The molecule has 8 heteroatoms. The maximum atomic E-state index is 12.9. The summed E-state index contributed by atoms with van der Waals surface area (Å²) in [6, 6.07) is -0.954. The van der Waals surface area contributed by atoms with E-state index in [1.54, 1.807) is 17.5 Å². The molecule has 3 aliphatic rings. The molecule has 0 aromatic rings. The van der Waals surface area contributed by atoms with E-state index in [2.05, 4.69) is 10.4 Å². The smallest absolute Gasteiger partial charge is 0.328 e. The average Bonchev–Trinajstić information content (AvgIpc) is 3.54. The van der Waals surface area contributed by atoms with Crippen molar-refractivity contribution in [2.24, 2.45) is 22.9 Å². The molecule has 1 N–H and O–H groups in total. The first-order chi connectivity index (χ1) is 12.5. The minimum absolute atomic E-state index is 0.165. The fraction of sp³-hybridized carbons (Fsp3) is 0.833. The van der Waals surface area contributed by atoms with Gasteiger partial charge in [-0.3, -0.25) is 14.0 Å². The highest BCUT2D eigenvalue weighted by atomic mass is 32.2. The normalized spacial score (nSPS) is 24.6. The van der Waals surface area contributed by atoms with E-state index in [1.165, 1.54) is 7.11 Å². The summed E-state index contributed by atoms with van der Waals surface area (Å²) in [5, 5.41) is 9.02. The van der Waals surface area contributed by atoms with Crippen LogP contribution < -0.4 is 5.32 Å². The van der Waals surface area contributed by atoms with Crippen LogP contribution in [0.1, 0.15) is 38.5 Å². The van der Waals surface area contributed by atoms with Gasteiger partial charge < -0.3 is 10.1 Å². The van der Waals surface area contributed by atoms with Gasteiger partial charge in [-0.2, -0.15) is 5.10 Å². The molecule has 146 valence electrons. The van der Waals surface area contributed by atoms with Gasteiger partial charge in [-0.05, 0) is 49.9 Å². The number of esters is 1. The van der Waals surface area contributed by atoms with Crippen LogP contribution in [-0.2, 0) is 25.1 Å². The zero-order valence-corrected chi connectivity index (χ0v) is 16.4. The summed E-state index contributed by atoms with van der Waals surface area (Å²) in [5.74, 6) is 1.35. The van der Waals surface area contributed by atoms with Gasteiger partial charge in [-0.1, -0.05) is 0 Å². The highest BCUT2D eigenvalue weighted by molar-refractivity contribution is 7.84. The number of rotatable bonds is 10. The van der Waals surface area contributed by atoms with Crippen molar-refractivity contribution in [3.05, 3.63) is 0 Å². The van der Waals surface area contributed by atoms with Crippen molar-refractivity contribution in [2.45, 2.75) is 50.6 Å². The highest BCUT2D eigenvalue weighted by Crippen LogP contribution is 2.50. The molecule has 0 aromatic carbocycles. The maximum Gasteiger partial charge on any atom is 0.328 e. The molecule has 2 aliphatic carbocycles. The van der Waals surface area contributed by atoms with Crippen molar-refractivity contribution in [2.75, 3.05) is 25.7 Å². The third-order valence-corrected chi connectivity index (χ3v) is 6.37. The monoisotopic (exact) mass is 383 g/mol. The van der Waals surface area contributed by atoms with E-state index in [0.29, 0.717) is 30.6 Å². The van der Waals surface area contributed by atoms with Crippen molar-refractivity contribution in [3.8, 4) is 0 Å². The number of carbonyl (C=O) groups is 2. The molecule has 0 bridgehead atoms. The predicted octanol–water partition coefficient (Wildman–Crippen LogP) is 0.909. The van der Waals surface area contributed by atoms with Crippen molar-refractivity contribution in [1.82, 2.24) is 10.3 Å². The number of methoxy groups -OCH3 is 1. The van der Waals surface area contributed by atoms with Gasteiger partial charge in [0.05, 0.1) is 7.11 Å². The van der Waals surface area contributed by atoms with Crippen LogP contribution in [0.2, 0.25) is 0 Å². The topological polar surface area (TPSA) is 88.1 Å². The van der Waals surface area contributed by atoms with Crippen molar-refractivity contribution >= 4 is 28.9 Å². The fourth-order valence-electron chi connectivity index (χ4n) is 3.92. The van der Waals surface area contributed by atoms with Gasteiger partial charge >= 0.3 is 5.97 Å². The van der Waals surface area contributed by atoms with Gasteiger partial charge in [0.25, 0.3) is 0 Å². The lowest BCUT2D eigenvalue weighted by Gasteiger charge is -2.29. The van der Waals surface area contributed by atoms with Crippen molar-refractivity contribution < 1.29 is 18.5 Å². The Kier molecular flexibility index (Phi) is 6.32. The Balaban J connectivity index is 1.61. The third kappa shape index (κ3) is 4.84. The number of amides is 1. The molecule has 1 aliphatic heterocycles. The molecule has 1 amide bonds. The second-order valence-electron chi connectivity index (χ2n) is 7.61. The van der Waals surface area contributed by atoms with Gasteiger partial charge in [0, 0.05) is 42.0 Å². The molecular formula is C18H29N3O4S. The van der Waals surface area contributed by atoms with E-state index in [0.717, 1.165) is 32.1 Å². The lowest BCUT2D eigenvalue weighted by Crippen LogP contribution is -2.53. The molecule has 2 saturated carbocycles. The van der Waals surface area contributed by atoms with Gasteiger partial charge in [-0.15, -0.1) is 0 Å². The Morgan fingerprint density at radius 2 is 1.96 bits per heavy atom. The Labute approximate surface area is 157 Å². The van der Waals surface area contributed by atoms with Crippen LogP contribution in [0.15, 0.2) is 5.10 Å². The lowest BCUT2D eigenvalue weighted by atomic mass is 9.89. The zero-order valence-electron chi connectivity index (χ0n) is 15.6. The first-order valence-electron chi connectivity index (χ1n) is 9.48. The summed E-state index contributed by atoms with van der Waals surface area (Å²) in [4.78, 5) is 25.3. The Hall–Kier alpha value is -1.44. The number of nitrogens with one attached hydrogen (secondary N) is 1. The first-order valence-corrected chi connectivity index (χ1v) is 11.2. The van der Waals surface area contributed by atoms with Gasteiger partial charge in [0.15, 0.2) is 0 Å². The summed E-state index contributed by atoms with van der Waals surface area (Å²) in [6.07, 6.45) is 9.21. The SMILES string of the molecule is COC(=O)[C@@H](NC(=O)C1CC=NN1CCCS(C)=O)C(C1CC1)C1CC1. The van der Waals surface area contributed by atoms with Crippen LogP contribution in [0, 0.1) is 17.8 Å². The fourth-order valence-corrected chi connectivity index (χ4v) is 4.46. The van der Waals surface area contributed by atoms with Crippen LogP contribution in [0.3, 0.4) is 0 Å². The molecule has 2 fully saturated rings. The molecule has 7 nitrogen and oxygen atoms in total. The van der Waals surface area contributed by atoms with Crippen LogP contribution in [0.25, 0.3) is 0 Å². The van der Waals surface area contributed by atoms with Crippen LogP contribution in [-0.4, -0.2) is 65.1 Å². The predicted molar refractivity (Wildman–Crippen MR) is 100 cm³/mol. The number of hydrazone groups is 1. The molecule has 3 atom stereocenters. The molecule has 26 heavy (non-hydrogen) atoms. The zero-order chi connectivity index (χ0) is 18.7. The molecule has 0 saturated heterocycles. The Morgan fingerprint density at radius 3 is 2.50 bits per heavy atom. The van der Waals surface area contributed by atoms with Gasteiger partial charge in [0.1, 0.15) is 12.1 Å². The molecule has 1 heterocycles. The molecule has 0 spiro atoms. The molecule has 0 aromatic heterocycles. The third-order valence-electron chi connectivity index (χ3n) is 5.51. The maximum absolute atomic E-state index is 12.9. The van der Waals surface area contributed by atoms with Crippen LogP contribution in [0.5, 0.6) is 0 Å².